The van der Waals surface area contributed by atoms with Crippen molar-refractivity contribution in [2.45, 2.75) is 12.6 Å². The summed E-state index contributed by atoms with van der Waals surface area (Å²) in [5, 5.41) is 0. The zero-order valence-electron chi connectivity index (χ0n) is 7.00. The molecule has 0 saturated heterocycles. The fourth-order valence-electron chi connectivity index (χ4n) is 0.743. The van der Waals surface area contributed by atoms with Crippen LogP contribution in [0.15, 0.2) is 16.5 Å². The molecule has 0 radical (unpaired) electrons. The van der Waals surface area contributed by atoms with Gasteiger partial charge < -0.3 is 9.15 Å². The average molecular weight is 208 g/mol. The van der Waals surface area contributed by atoms with Crippen LogP contribution in [0.3, 0.4) is 0 Å². The first-order chi connectivity index (χ1) is 6.51. The third-order valence-corrected chi connectivity index (χ3v) is 1.35. The lowest BCUT2D eigenvalue weighted by Crippen LogP contribution is -2.12. The molecule has 6 heteroatoms. The Morgan fingerprint density at radius 3 is 2.64 bits per heavy atom. The largest absolute Gasteiger partial charge is 0.465 e. The number of carbonyl (C=O) groups excluding carboxylic acids is 1. The number of aldehydes is 1. The lowest BCUT2D eigenvalue weighted by atomic mass is 10.4. The standard InChI is InChI=1S/C8H7F3O3/c9-8(10,11)3-4-13-7-2-1-6(5-12)14-7/h1-2,5H,3-4H2. The molecule has 78 valence electrons. The van der Waals surface area contributed by atoms with Gasteiger partial charge in [0.15, 0.2) is 12.0 Å². The van der Waals surface area contributed by atoms with Gasteiger partial charge in [-0.25, -0.2) is 0 Å². The van der Waals surface area contributed by atoms with Crippen LogP contribution in [0.1, 0.15) is 17.0 Å². The molecule has 0 atom stereocenters. The van der Waals surface area contributed by atoms with Crippen LogP contribution in [0.25, 0.3) is 0 Å². The number of hydrogen-bond acceptors (Lipinski definition) is 3. The van der Waals surface area contributed by atoms with Crippen molar-refractivity contribution in [2.75, 3.05) is 6.61 Å². The van der Waals surface area contributed by atoms with Gasteiger partial charge in [0.1, 0.15) is 6.61 Å². The minimum Gasteiger partial charge on any atom is -0.465 e. The number of carbonyl (C=O) groups is 1. The summed E-state index contributed by atoms with van der Waals surface area (Å²) in [6.07, 6.45) is -4.86. The van der Waals surface area contributed by atoms with Gasteiger partial charge in [-0.1, -0.05) is 0 Å². The third-order valence-electron chi connectivity index (χ3n) is 1.35. The fourth-order valence-corrected chi connectivity index (χ4v) is 0.743. The van der Waals surface area contributed by atoms with E-state index in [-0.39, 0.29) is 11.7 Å². The second-order valence-electron chi connectivity index (χ2n) is 2.49. The molecule has 1 aromatic heterocycles. The summed E-state index contributed by atoms with van der Waals surface area (Å²) in [7, 11) is 0. The normalized spacial score (nSPS) is 11.4. The van der Waals surface area contributed by atoms with Gasteiger partial charge in [-0.2, -0.15) is 13.2 Å². The van der Waals surface area contributed by atoms with Crippen molar-refractivity contribution in [3.8, 4) is 5.95 Å². The molecule has 0 spiro atoms. The SMILES string of the molecule is O=Cc1ccc(OCCC(F)(F)F)o1. The van der Waals surface area contributed by atoms with Gasteiger partial charge in [-0.15, -0.1) is 0 Å². The monoisotopic (exact) mass is 208 g/mol. The molecule has 0 amide bonds. The Morgan fingerprint density at radius 2 is 2.14 bits per heavy atom. The van der Waals surface area contributed by atoms with E-state index in [2.05, 4.69) is 9.15 Å². The zero-order chi connectivity index (χ0) is 10.6. The highest BCUT2D eigenvalue weighted by Crippen LogP contribution is 2.21. The maximum Gasteiger partial charge on any atom is 0.392 e. The molecule has 0 aliphatic rings. The molecule has 1 heterocycles. The number of hydrogen-bond donors (Lipinski definition) is 0. The van der Waals surface area contributed by atoms with Crippen LogP contribution in [0.2, 0.25) is 0 Å². The molecule has 0 aromatic carbocycles. The molecule has 0 bridgehead atoms. The summed E-state index contributed by atoms with van der Waals surface area (Å²) >= 11 is 0. The maximum atomic E-state index is 11.7. The van der Waals surface area contributed by atoms with E-state index in [0.29, 0.717) is 6.29 Å². The van der Waals surface area contributed by atoms with Crippen molar-refractivity contribution in [1.29, 1.82) is 0 Å². The van der Waals surface area contributed by atoms with E-state index in [9.17, 15) is 18.0 Å². The topological polar surface area (TPSA) is 39.4 Å². The van der Waals surface area contributed by atoms with E-state index in [1.54, 1.807) is 0 Å². The third kappa shape index (κ3) is 3.51. The molecule has 0 N–H and O–H groups in total. The first kappa shape index (κ1) is 10.6. The van der Waals surface area contributed by atoms with Gasteiger partial charge >= 0.3 is 6.18 Å². The summed E-state index contributed by atoms with van der Waals surface area (Å²) in [5.41, 5.74) is 0. The lowest BCUT2D eigenvalue weighted by molar-refractivity contribution is -0.140. The van der Waals surface area contributed by atoms with Gasteiger partial charge in [0.25, 0.3) is 5.95 Å². The van der Waals surface area contributed by atoms with E-state index in [1.165, 1.54) is 12.1 Å². The van der Waals surface area contributed by atoms with Gasteiger partial charge in [0, 0.05) is 6.07 Å². The van der Waals surface area contributed by atoms with Gasteiger partial charge in [-0.3, -0.25) is 4.79 Å². The van der Waals surface area contributed by atoms with Crippen molar-refractivity contribution in [1.82, 2.24) is 0 Å². The summed E-state index contributed by atoms with van der Waals surface area (Å²) in [6.45, 7) is -0.519. The van der Waals surface area contributed by atoms with Crippen LogP contribution >= 0.6 is 0 Å². The summed E-state index contributed by atoms with van der Waals surface area (Å²) in [5.74, 6) is -0.0663. The van der Waals surface area contributed by atoms with E-state index >= 15 is 0 Å². The minimum atomic E-state index is -4.25. The smallest absolute Gasteiger partial charge is 0.392 e. The molecule has 0 unspecified atom stereocenters. The Morgan fingerprint density at radius 1 is 1.43 bits per heavy atom. The molecule has 0 fully saturated rings. The van der Waals surface area contributed by atoms with Crippen LogP contribution in [0.5, 0.6) is 5.95 Å². The van der Waals surface area contributed by atoms with Crippen molar-refractivity contribution < 1.29 is 27.1 Å². The first-order valence-corrected chi connectivity index (χ1v) is 3.76. The second-order valence-corrected chi connectivity index (χ2v) is 2.49. The predicted molar refractivity (Wildman–Crippen MR) is 40.3 cm³/mol. The predicted octanol–water partition coefficient (Wildman–Crippen LogP) is 2.42. The lowest BCUT2D eigenvalue weighted by Gasteiger charge is -2.05. The van der Waals surface area contributed by atoms with E-state index < -0.39 is 19.2 Å². The molecule has 0 aliphatic heterocycles. The molecule has 0 saturated carbocycles. The second kappa shape index (κ2) is 4.17. The number of alkyl halides is 3. The number of ether oxygens (including phenoxy) is 1. The Balaban J connectivity index is 2.35. The van der Waals surface area contributed by atoms with Gasteiger partial charge in [0.05, 0.1) is 6.42 Å². The van der Waals surface area contributed by atoms with E-state index in [1.807, 2.05) is 0 Å². The molecule has 1 aromatic rings. The Hall–Kier alpha value is -1.46. The van der Waals surface area contributed by atoms with Crippen molar-refractivity contribution in [2.24, 2.45) is 0 Å². The van der Waals surface area contributed by atoms with Crippen LogP contribution < -0.4 is 4.74 Å². The first-order valence-electron chi connectivity index (χ1n) is 3.76. The quantitative estimate of drug-likeness (QED) is 0.713. The average Bonchev–Trinajstić information content (AvgIpc) is 2.50. The van der Waals surface area contributed by atoms with Crippen molar-refractivity contribution in [3.05, 3.63) is 17.9 Å². The van der Waals surface area contributed by atoms with Crippen LogP contribution in [-0.2, 0) is 0 Å². The van der Waals surface area contributed by atoms with E-state index in [4.69, 9.17) is 0 Å². The highest BCUT2D eigenvalue weighted by molar-refractivity contribution is 5.70. The van der Waals surface area contributed by atoms with Crippen LogP contribution in [-0.4, -0.2) is 19.1 Å². The Bertz CT molecular complexity index is 303. The highest BCUT2D eigenvalue weighted by Gasteiger charge is 2.27. The summed E-state index contributed by atoms with van der Waals surface area (Å²) in [4.78, 5) is 10.1. The summed E-state index contributed by atoms with van der Waals surface area (Å²) in [6, 6.07) is 2.61. The van der Waals surface area contributed by atoms with Crippen molar-refractivity contribution >= 4 is 6.29 Å². The molecule has 14 heavy (non-hydrogen) atoms. The number of halogens is 3. The molecule has 3 nitrogen and oxygen atoms in total. The number of furan rings is 1. The molecular formula is C8H7F3O3. The van der Waals surface area contributed by atoms with Crippen LogP contribution in [0, 0.1) is 0 Å². The molecule has 0 aliphatic carbocycles. The highest BCUT2D eigenvalue weighted by atomic mass is 19.4. The van der Waals surface area contributed by atoms with Gasteiger partial charge in [0.2, 0.25) is 0 Å². The molecular weight excluding hydrogens is 201 g/mol. The number of rotatable bonds is 4. The van der Waals surface area contributed by atoms with E-state index in [0.717, 1.165) is 0 Å². The molecule has 1 rings (SSSR count). The van der Waals surface area contributed by atoms with Crippen molar-refractivity contribution in [3.63, 3.8) is 0 Å². The fraction of sp³-hybridized carbons (Fsp3) is 0.375. The van der Waals surface area contributed by atoms with Gasteiger partial charge in [-0.05, 0) is 6.07 Å². The zero-order valence-corrected chi connectivity index (χ0v) is 7.00. The maximum absolute atomic E-state index is 11.7. The minimum absolute atomic E-state index is 0.0204. The van der Waals surface area contributed by atoms with Crippen LogP contribution in [0.4, 0.5) is 13.2 Å². The summed E-state index contributed by atoms with van der Waals surface area (Å²) < 4.78 is 44.3. The Labute approximate surface area is 77.5 Å². The Kier molecular flexibility index (Phi) is 3.16.